The van der Waals surface area contributed by atoms with Gasteiger partial charge in [0.15, 0.2) is 0 Å². The molecular formula is C46H59NO6SSi. The fourth-order valence-corrected chi connectivity index (χ4v) is 15.0. The minimum atomic E-state index is -3.72. The number of rotatable bonds is 17. The van der Waals surface area contributed by atoms with Crippen LogP contribution in [0.1, 0.15) is 65.0 Å². The summed E-state index contributed by atoms with van der Waals surface area (Å²) < 4.78 is 48.4. The summed E-state index contributed by atoms with van der Waals surface area (Å²) in [4.78, 5) is 0. The molecule has 4 aromatic rings. The van der Waals surface area contributed by atoms with Gasteiger partial charge in [0.25, 0.3) is 8.32 Å². The molecule has 6 rings (SSSR count). The Labute approximate surface area is 330 Å². The maximum atomic E-state index is 14.4. The summed E-state index contributed by atoms with van der Waals surface area (Å²) in [6.07, 6.45) is 4.30. The molecule has 294 valence electrons. The van der Waals surface area contributed by atoms with E-state index >= 15 is 0 Å². The molecule has 0 aromatic heterocycles. The average Bonchev–Trinajstić information content (AvgIpc) is 3.15. The molecule has 7 nitrogen and oxygen atoms in total. The van der Waals surface area contributed by atoms with Gasteiger partial charge in [-0.1, -0.05) is 119 Å². The standard InChI is InChI=1S/C46H59NO6SSi/c1-33(34(2)54(49,50)47(30-35-18-23-40(51-6)24-19-35)31-36-20-25-41(52-7)26-21-36)38-28-39(29-38)45(48)44-27-22-37(44)32-53-55(46(3,4)5,42-14-10-8-11-15-42)43-16-12-9-13-17-43/h8-21,23-26,28,33-34,37-38,44-45,48H,22,27,29-32H2,1-7H3/t33-,34-,37+,38?,44-,45-/m1/s1. The van der Waals surface area contributed by atoms with Gasteiger partial charge < -0.3 is 19.0 Å². The van der Waals surface area contributed by atoms with E-state index in [4.69, 9.17) is 13.9 Å². The van der Waals surface area contributed by atoms with E-state index < -0.39 is 29.7 Å². The Kier molecular flexibility index (Phi) is 12.8. The van der Waals surface area contributed by atoms with Gasteiger partial charge in [-0.15, -0.1) is 0 Å². The lowest BCUT2D eigenvalue weighted by Crippen LogP contribution is -2.67. The number of methoxy groups -OCH3 is 2. The van der Waals surface area contributed by atoms with Crippen molar-refractivity contribution >= 4 is 28.7 Å². The molecule has 0 bridgehead atoms. The first-order valence-electron chi connectivity index (χ1n) is 19.7. The number of hydrogen-bond donors (Lipinski definition) is 1. The largest absolute Gasteiger partial charge is 0.497 e. The van der Waals surface area contributed by atoms with Gasteiger partial charge >= 0.3 is 0 Å². The average molecular weight is 782 g/mol. The van der Waals surface area contributed by atoms with Crippen LogP contribution in [-0.2, 0) is 27.5 Å². The number of aliphatic hydroxyl groups excluding tert-OH is 1. The molecule has 2 aliphatic rings. The van der Waals surface area contributed by atoms with Crippen molar-refractivity contribution < 1.29 is 27.4 Å². The molecule has 1 fully saturated rings. The van der Waals surface area contributed by atoms with Crippen molar-refractivity contribution in [3.63, 3.8) is 0 Å². The molecule has 0 amide bonds. The lowest BCUT2D eigenvalue weighted by atomic mass is 9.65. The van der Waals surface area contributed by atoms with Gasteiger partial charge in [0.2, 0.25) is 10.0 Å². The van der Waals surface area contributed by atoms with Crippen molar-refractivity contribution in [1.29, 1.82) is 0 Å². The zero-order valence-corrected chi connectivity index (χ0v) is 35.3. The van der Waals surface area contributed by atoms with Crippen molar-refractivity contribution in [2.45, 2.75) is 83.4 Å². The second-order valence-electron chi connectivity index (χ2n) is 16.6. The van der Waals surface area contributed by atoms with Gasteiger partial charge in [0, 0.05) is 19.7 Å². The van der Waals surface area contributed by atoms with Gasteiger partial charge in [-0.25, -0.2) is 8.42 Å². The molecule has 1 unspecified atom stereocenters. The van der Waals surface area contributed by atoms with E-state index in [2.05, 4.69) is 87.5 Å². The third kappa shape index (κ3) is 8.66. The van der Waals surface area contributed by atoms with E-state index in [1.165, 1.54) is 10.4 Å². The summed E-state index contributed by atoms with van der Waals surface area (Å²) in [7, 11) is -3.15. The fourth-order valence-electron chi connectivity index (χ4n) is 8.52. The monoisotopic (exact) mass is 781 g/mol. The third-order valence-corrected chi connectivity index (χ3v) is 19.7. The van der Waals surface area contributed by atoms with E-state index in [0.717, 1.165) is 41.0 Å². The molecule has 0 aliphatic heterocycles. The van der Waals surface area contributed by atoms with Gasteiger partial charge in [-0.3, -0.25) is 0 Å². The van der Waals surface area contributed by atoms with Crippen LogP contribution in [0.25, 0.3) is 0 Å². The van der Waals surface area contributed by atoms with Crippen LogP contribution in [0, 0.1) is 23.7 Å². The molecular weight excluding hydrogens is 723 g/mol. The summed E-state index contributed by atoms with van der Waals surface area (Å²) in [5.74, 6) is 1.79. The highest BCUT2D eigenvalue weighted by Gasteiger charge is 2.51. The van der Waals surface area contributed by atoms with Crippen molar-refractivity contribution in [2.75, 3.05) is 20.8 Å². The van der Waals surface area contributed by atoms with E-state index in [9.17, 15) is 13.5 Å². The fraction of sp³-hybridized carbons (Fsp3) is 0.435. The van der Waals surface area contributed by atoms with Crippen LogP contribution in [0.15, 0.2) is 121 Å². The first kappa shape index (κ1) is 40.9. The molecule has 9 heteroatoms. The van der Waals surface area contributed by atoms with Crippen LogP contribution in [0.2, 0.25) is 5.04 Å². The van der Waals surface area contributed by atoms with Gasteiger partial charge in [0.1, 0.15) is 11.5 Å². The van der Waals surface area contributed by atoms with Gasteiger partial charge in [0.05, 0.1) is 25.6 Å². The Hall–Kier alpha value is -3.73. The maximum absolute atomic E-state index is 14.4. The normalized spacial score (nSPS) is 20.5. The zero-order chi connectivity index (χ0) is 39.4. The molecule has 0 heterocycles. The van der Waals surface area contributed by atoms with Crippen molar-refractivity contribution in [3.05, 3.63) is 132 Å². The minimum Gasteiger partial charge on any atom is -0.497 e. The number of sulfonamides is 1. The summed E-state index contributed by atoms with van der Waals surface area (Å²) in [5.41, 5.74) is 2.82. The lowest BCUT2D eigenvalue weighted by Gasteiger charge is -2.48. The zero-order valence-electron chi connectivity index (χ0n) is 33.5. The lowest BCUT2D eigenvalue weighted by molar-refractivity contribution is 0.00403. The summed E-state index contributed by atoms with van der Waals surface area (Å²) in [6, 6.07) is 36.5. The number of ether oxygens (including phenoxy) is 2. The SMILES string of the molecule is COc1ccc(CN(Cc2ccc(OC)cc2)S(=O)(=O)[C@H](C)[C@@H](C)C2C=C([C@@H](O)[C@@H]3CC[C@H]3CO[Si](c3ccccc3)(c3ccccc3)C(C)(C)C)C2)cc1. The molecule has 4 aromatic carbocycles. The number of nitrogens with zero attached hydrogens (tertiary/aromatic N) is 1. The highest BCUT2D eigenvalue weighted by atomic mass is 32.2. The van der Waals surface area contributed by atoms with E-state index in [1.54, 1.807) is 18.5 Å². The molecule has 6 atom stereocenters. The van der Waals surface area contributed by atoms with Gasteiger partial charge in [-0.05, 0) is 106 Å². The Balaban J connectivity index is 1.14. The predicted octanol–water partition coefficient (Wildman–Crippen LogP) is 7.97. The Morgan fingerprint density at radius 3 is 1.64 bits per heavy atom. The molecule has 1 N–H and O–H groups in total. The van der Waals surface area contributed by atoms with Crippen molar-refractivity contribution in [2.24, 2.45) is 23.7 Å². The first-order chi connectivity index (χ1) is 26.3. The highest BCUT2D eigenvalue weighted by molar-refractivity contribution is 7.89. The quantitative estimate of drug-likeness (QED) is 0.0865. The van der Waals surface area contributed by atoms with E-state index in [-0.39, 0.29) is 41.8 Å². The number of benzene rings is 4. The molecule has 0 spiro atoms. The van der Waals surface area contributed by atoms with Crippen molar-refractivity contribution in [1.82, 2.24) is 4.31 Å². The summed E-state index contributed by atoms with van der Waals surface area (Å²) in [6.45, 7) is 11.9. The molecule has 0 radical (unpaired) electrons. The number of aliphatic hydroxyl groups is 1. The topological polar surface area (TPSA) is 85.3 Å². The van der Waals surface area contributed by atoms with Crippen LogP contribution in [0.5, 0.6) is 11.5 Å². The van der Waals surface area contributed by atoms with Crippen LogP contribution in [0.3, 0.4) is 0 Å². The van der Waals surface area contributed by atoms with Crippen LogP contribution < -0.4 is 19.8 Å². The van der Waals surface area contributed by atoms with Crippen molar-refractivity contribution in [3.8, 4) is 11.5 Å². The number of allylic oxidation sites excluding steroid dienone is 1. The Morgan fingerprint density at radius 2 is 1.24 bits per heavy atom. The summed E-state index contributed by atoms with van der Waals surface area (Å²) >= 11 is 0. The van der Waals surface area contributed by atoms with Crippen LogP contribution in [-0.4, -0.2) is 58.3 Å². The predicted molar refractivity (Wildman–Crippen MR) is 225 cm³/mol. The van der Waals surface area contributed by atoms with E-state index in [1.807, 2.05) is 62.4 Å². The van der Waals surface area contributed by atoms with Gasteiger partial charge in [-0.2, -0.15) is 4.31 Å². The van der Waals surface area contributed by atoms with Crippen LogP contribution in [0.4, 0.5) is 0 Å². The minimum absolute atomic E-state index is 0.0742. The number of hydrogen-bond acceptors (Lipinski definition) is 6. The molecule has 55 heavy (non-hydrogen) atoms. The van der Waals surface area contributed by atoms with Crippen LogP contribution >= 0.6 is 0 Å². The molecule has 2 aliphatic carbocycles. The third-order valence-electron chi connectivity index (χ3n) is 12.4. The highest BCUT2D eigenvalue weighted by Crippen LogP contribution is 2.46. The summed E-state index contributed by atoms with van der Waals surface area (Å²) in [5, 5.41) is 13.5. The Bertz CT molecular complexity index is 1890. The van der Waals surface area contributed by atoms with E-state index in [0.29, 0.717) is 13.0 Å². The second kappa shape index (κ2) is 17.2. The molecule has 1 saturated carbocycles. The second-order valence-corrected chi connectivity index (χ2v) is 23.2. The first-order valence-corrected chi connectivity index (χ1v) is 23.1. The smallest absolute Gasteiger partial charge is 0.261 e. The molecule has 0 saturated heterocycles. The Morgan fingerprint density at radius 1 is 0.764 bits per heavy atom. The maximum Gasteiger partial charge on any atom is 0.261 e.